The van der Waals surface area contributed by atoms with Gasteiger partial charge in [0.1, 0.15) is 5.56 Å². The lowest BCUT2D eigenvalue weighted by Crippen LogP contribution is -2.32. The Kier molecular flexibility index (Phi) is 4.01. The Morgan fingerprint density at radius 1 is 1.56 bits per heavy atom. The average molecular weight is 226 g/mol. The normalized spacial score (nSPS) is 9.94. The number of hydrogen-bond acceptors (Lipinski definition) is 5. The summed E-state index contributed by atoms with van der Waals surface area (Å²) < 4.78 is 4.86. The predicted octanol–water partition coefficient (Wildman–Crippen LogP) is -0.573. The van der Waals surface area contributed by atoms with E-state index in [1.807, 2.05) is 5.43 Å². The van der Waals surface area contributed by atoms with E-state index < -0.39 is 11.9 Å². The number of ether oxygens (including phenoxy) is 1. The van der Waals surface area contributed by atoms with Crippen LogP contribution in [0.15, 0.2) is 0 Å². The molecule has 16 heavy (non-hydrogen) atoms. The van der Waals surface area contributed by atoms with E-state index in [1.165, 1.54) is 0 Å². The number of H-pyrrole nitrogens is 1. The Bertz CT molecular complexity index is 399. The van der Waals surface area contributed by atoms with E-state index in [-0.39, 0.29) is 13.0 Å². The first-order valence-electron chi connectivity index (χ1n) is 4.80. The van der Waals surface area contributed by atoms with Crippen LogP contribution in [0.4, 0.5) is 0 Å². The summed E-state index contributed by atoms with van der Waals surface area (Å²) in [6.07, 6.45) is -0.0605. The monoisotopic (exact) mass is 226 g/mol. The van der Waals surface area contributed by atoms with Crippen molar-refractivity contribution in [3.63, 3.8) is 0 Å². The zero-order chi connectivity index (χ0) is 12.1. The van der Waals surface area contributed by atoms with E-state index in [4.69, 9.17) is 10.6 Å². The molecule has 1 rings (SSSR count). The molecule has 4 N–H and O–H groups in total. The summed E-state index contributed by atoms with van der Waals surface area (Å²) in [5.41, 5.74) is 3.17. The van der Waals surface area contributed by atoms with Crippen LogP contribution in [0.2, 0.25) is 0 Å². The summed E-state index contributed by atoms with van der Waals surface area (Å²) in [7, 11) is 0. The molecule has 0 unspecified atom stereocenters. The Morgan fingerprint density at radius 3 is 2.81 bits per heavy atom. The molecule has 0 radical (unpaired) electrons. The van der Waals surface area contributed by atoms with Crippen LogP contribution in [0.5, 0.6) is 0 Å². The van der Waals surface area contributed by atoms with Gasteiger partial charge in [0.25, 0.3) is 0 Å². The van der Waals surface area contributed by atoms with Gasteiger partial charge in [-0.25, -0.2) is 10.6 Å². The number of nitrogens with one attached hydrogen (secondary N) is 2. The predicted molar refractivity (Wildman–Crippen MR) is 55.3 cm³/mol. The molecule has 1 amide bonds. The van der Waals surface area contributed by atoms with Gasteiger partial charge >= 0.3 is 5.97 Å². The fourth-order valence-electron chi connectivity index (χ4n) is 1.28. The van der Waals surface area contributed by atoms with E-state index in [0.29, 0.717) is 17.0 Å². The van der Waals surface area contributed by atoms with Crippen molar-refractivity contribution in [1.29, 1.82) is 0 Å². The lowest BCUT2D eigenvalue weighted by Gasteiger charge is -2.02. The number of hydrazine groups is 1. The first-order chi connectivity index (χ1) is 7.60. The molecule has 7 heteroatoms. The van der Waals surface area contributed by atoms with Crippen molar-refractivity contribution >= 4 is 11.9 Å². The van der Waals surface area contributed by atoms with Crippen LogP contribution in [0, 0.1) is 6.92 Å². The fourth-order valence-corrected chi connectivity index (χ4v) is 1.28. The van der Waals surface area contributed by atoms with Crippen molar-refractivity contribution in [2.75, 3.05) is 6.61 Å². The number of aryl methyl sites for hydroxylation is 1. The third-order valence-electron chi connectivity index (χ3n) is 1.99. The van der Waals surface area contributed by atoms with Crippen LogP contribution in [0.3, 0.4) is 0 Å². The zero-order valence-electron chi connectivity index (χ0n) is 9.16. The first-order valence-corrected chi connectivity index (χ1v) is 4.80. The number of carbonyl (C=O) groups is 2. The minimum Gasteiger partial charge on any atom is -0.462 e. The lowest BCUT2D eigenvalue weighted by molar-refractivity contribution is -0.120. The Morgan fingerprint density at radius 2 is 2.25 bits per heavy atom. The van der Waals surface area contributed by atoms with Crippen molar-refractivity contribution in [3.8, 4) is 0 Å². The van der Waals surface area contributed by atoms with Gasteiger partial charge in [-0.3, -0.25) is 15.3 Å². The largest absolute Gasteiger partial charge is 0.462 e. The van der Waals surface area contributed by atoms with Gasteiger partial charge in [0.15, 0.2) is 0 Å². The minimum atomic E-state index is -0.492. The van der Waals surface area contributed by atoms with Crippen LogP contribution < -0.4 is 11.3 Å². The highest BCUT2D eigenvalue weighted by Gasteiger charge is 2.20. The maximum absolute atomic E-state index is 11.6. The summed E-state index contributed by atoms with van der Waals surface area (Å²) in [4.78, 5) is 22.7. The van der Waals surface area contributed by atoms with Gasteiger partial charge in [-0.1, -0.05) is 0 Å². The first kappa shape index (κ1) is 12.2. The van der Waals surface area contributed by atoms with Gasteiger partial charge in [0.05, 0.1) is 18.7 Å². The summed E-state index contributed by atoms with van der Waals surface area (Å²) in [6.45, 7) is 3.66. The molecule has 0 atom stereocenters. The van der Waals surface area contributed by atoms with Crippen LogP contribution in [0.25, 0.3) is 0 Å². The summed E-state index contributed by atoms with van der Waals surface area (Å²) >= 11 is 0. The van der Waals surface area contributed by atoms with Gasteiger partial charge in [-0.2, -0.15) is 5.10 Å². The summed E-state index contributed by atoms with van der Waals surface area (Å²) in [6, 6.07) is 0. The minimum absolute atomic E-state index is 0.0605. The third kappa shape index (κ3) is 2.57. The quantitative estimate of drug-likeness (QED) is 0.275. The maximum Gasteiger partial charge on any atom is 0.341 e. The second-order valence-electron chi connectivity index (χ2n) is 3.14. The van der Waals surface area contributed by atoms with E-state index in [1.54, 1.807) is 13.8 Å². The molecule has 88 valence electrons. The molecule has 0 saturated heterocycles. The molecule has 0 aliphatic carbocycles. The molecule has 0 saturated carbocycles. The number of nitrogens with zero attached hydrogens (tertiary/aromatic N) is 1. The van der Waals surface area contributed by atoms with Crippen LogP contribution >= 0.6 is 0 Å². The Hall–Kier alpha value is -1.89. The van der Waals surface area contributed by atoms with Gasteiger partial charge in [-0.15, -0.1) is 0 Å². The summed E-state index contributed by atoms with van der Waals surface area (Å²) in [5.74, 6) is 4.05. The van der Waals surface area contributed by atoms with E-state index >= 15 is 0 Å². The van der Waals surface area contributed by atoms with Crippen molar-refractivity contribution in [1.82, 2.24) is 15.6 Å². The highest BCUT2D eigenvalue weighted by atomic mass is 16.5. The number of esters is 1. The van der Waals surface area contributed by atoms with Crippen LogP contribution in [0.1, 0.15) is 28.7 Å². The third-order valence-corrected chi connectivity index (χ3v) is 1.99. The standard InChI is InChI=1S/C9H14N4O3/c1-3-16-9(15)8-5(2)12-13-6(8)4-7(14)11-10/h3-4,10H2,1-2H3,(H,11,14)(H,12,13). The van der Waals surface area contributed by atoms with Gasteiger partial charge < -0.3 is 4.74 Å². The SMILES string of the molecule is CCOC(=O)c1c(CC(=O)NN)n[nH]c1C. The number of aromatic nitrogens is 2. The Balaban J connectivity index is 2.93. The van der Waals surface area contributed by atoms with Crippen LogP contribution in [-0.4, -0.2) is 28.7 Å². The molecule has 1 heterocycles. The molecule has 0 spiro atoms. The zero-order valence-corrected chi connectivity index (χ0v) is 9.16. The fraction of sp³-hybridized carbons (Fsp3) is 0.444. The smallest absolute Gasteiger partial charge is 0.341 e. The number of hydrogen-bond donors (Lipinski definition) is 3. The molecular weight excluding hydrogens is 212 g/mol. The number of nitrogens with two attached hydrogens (primary N) is 1. The number of carbonyl (C=O) groups excluding carboxylic acids is 2. The number of aromatic amines is 1. The number of amides is 1. The average Bonchev–Trinajstić information content (AvgIpc) is 2.60. The molecular formula is C9H14N4O3. The second kappa shape index (κ2) is 5.26. The molecule has 0 aromatic carbocycles. The van der Waals surface area contributed by atoms with Gasteiger partial charge in [0.2, 0.25) is 5.91 Å². The van der Waals surface area contributed by atoms with Gasteiger partial charge in [0, 0.05) is 5.69 Å². The van der Waals surface area contributed by atoms with Crippen molar-refractivity contribution in [3.05, 3.63) is 17.0 Å². The highest BCUT2D eigenvalue weighted by molar-refractivity contribution is 5.93. The lowest BCUT2D eigenvalue weighted by atomic mass is 10.1. The second-order valence-corrected chi connectivity index (χ2v) is 3.14. The van der Waals surface area contributed by atoms with E-state index in [0.717, 1.165) is 0 Å². The van der Waals surface area contributed by atoms with Crippen molar-refractivity contribution in [2.45, 2.75) is 20.3 Å². The molecule has 0 aliphatic heterocycles. The topological polar surface area (TPSA) is 110 Å². The molecule has 1 aromatic rings. The Labute approximate surface area is 92.3 Å². The molecule has 0 aliphatic rings. The maximum atomic E-state index is 11.6. The van der Waals surface area contributed by atoms with Crippen molar-refractivity contribution < 1.29 is 14.3 Å². The van der Waals surface area contributed by atoms with Gasteiger partial charge in [-0.05, 0) is 13.8 Å². The van der Waals surface area contributed by atoms with E-state index in [2.05, 4.69) is 10.2 Å². The highest BCUT2D eigenvalue weighted by Crippen LogP contribution is 2.12. The number of rotatable bonds is 4. The summed E-state index contributed by atoms with van der Waals surface area (Å²) in [5, 5.41) is 6.50. The van der Waals surface area contributed by atoms with Crippen LogP contribution in [-0.2, 0) is 16.0 Å². The molecule has 1 aromatic heterocycles. The van der Waals surface area contributed by atoms with Crippen molar-refractivity contribution in [2.24, 2.45) is 5.84 Å². The molecule has 0 bridgehead atoms. The van der Waals surface area contributed by atoms with E-state index in [9.17, 15) is 9.59 Å². The molecule has 0 fully saturated rings. The molecule has 7 nitrogen and oxygen atoms in total.